The molecule has 4 aromatic rings. The van der Waals surface area contributed by atoms with E-state index in [1.165, 1.54) is 4.68 Å². The summed E-state index contributed by atoms with van der Waals surface area (Å²) in [7, 11) is 0. The maximum atomic E-state index is 12.8. The van der Waals surface area contributed by atoms with E-state index in [0.29, 0.717) is 5.56 Å². The van der Waals surface area contributed by atoms with Crippen LogP contribution in [-0.4, -0.2) is 21.2 Å². The summed E-state index contributed by atoms with van der Waals surface area (Å²) in [5.41, 5.74) is 3.40. The molecule has 29 heavy (non-hydrogen) atoms. The third-order valence-electron chi connectivity index (χ3n) is 4.61. The minimum atomic E-state index is -0.0499. The van der Waals surface area contributed by atoms with Gasteiger partial charge in [-0.15, -0.1) is 0 Å². The smallest absolute Gasteiger partial charge is 0.224 e. The molecule has 0 aliphatic heterocycles. The number of benzene rings is 3. The number of carbonyl (C=O) groups excluding carboxylic acids is 1. The zero-order valence-electron chi connectivity index (χ0n) is 15.8. The second-order valence-corrected chi connectivity index (χ2v) is 6.58. The summed E-state index contributed by atoms with van der Waals surface area (Å²) in [6, 6.07) is 28.6. The van der Waals surface area contributed by atoms with E-state index in [1.54, 1.807) is 29.1 Å². The van der Waals surface area contributed by atoms with Crippen molar-refractivity contribution in [2.75, 3.05) is 0 Å². The number of nitrogens with one attached hydrogen (secondary N) is 1. The van der Waals surface area contributed by atoms with Crippen LogP contribution in [0.25, 0.3) is 11.3 Å². The lowest BCUT2D eigenvalue weighted by molar-refractivity contribution is 0.0970. The van der Waals surface area contributed by atoms with Crippen molar-refractivity contribution in [3.05, 3.63) is 114 Å². The normalized spacial score (nSPS) is 11.0. The SMILES string of the molecule is N=c1n(N=Cc2ccccc2)cc(-c2ccccc2)n1CC(=O)c1ccccc1. The number of nitrogens with zero attached hydrogens (tertiary/aromatic N) is 3. The maximum Gasteiger partial charge on any atom is 0.224 e. The number of carbonyl (C=O) groups is 1. The molecule has 0 spiro atoms. The molecule has 0 aliphatic carbocycles. The third kappa shape index (κ3) is 4.14. The Balaban J connectivity index is 1.74. The molecule has 0 bridgehead atoms. The van der Waals surface area contributed by atoms with Gasteiger partial charge in [-0.05, 0) is 11.1 Å². The highest BCUT2D eigenvalue weighted by Gasteiger charge is 2.14. The predicted molar refractivity (Wildman–Crippen MR) is 114 cm³/mol. The summed E-state index contributed by atoms with van der Waals surface area (Å²) >= 11 is 0. The minimum Gasteiger partial charge on any atom is -0.301 e. The standard InChI is InChI=1S/C24H20N4O/c25-24-27(18-23(29)21-14-8-3-9-15-21)22(20-12-6-2-7-13-20)17-28(24)26-16-19-10-4-1-5-11-19/h1-17,25H,18H2. The zero-order chi connectivity index (χ0) is 20.1. The highest BCUT2D eigenvalue weighted by atomic mass is 16.1. The first kappa shape index (κ1) is 18.4. The molecule has 1 aromatic heterocycles. The van der Waals surface area contributed by atoms with Crippen LogP contribution in [0.5, 0.6) is 0 Å². The summed E-state index contributed by atoms with van der Waals surface area (Å²) in [6.45, 7) is 0.0704. The summed E-state index contributed by atoms with van der Waals surface area (Å²) in [5.74, 6) is -0.0499. The van der Waals surface area contributed by atoms with Crippen LogP contribution in [-0.2, 0) is 6.54 Å². The van der Waals surface area contributed by atoms with Gasteiger partial charge >= 0.3 is 0 Å². The Bertz CT molecular complexity index is 1190. The fourth-order valence-corrected chi connectivity index (χ4v) is 3.10. The average Bonchev–Trinajstić information content (AvgIpc) is 3.09. The van der Waals surface area contributed by atoms with Crippen molar-refractivity contribution in [2.45, 2.75) is 6.54 Å². The molecule has 0 unspecified atom stereocenters. The molecule has 0 radical (unpaired) electrons. The molecule has 1 N–H and O–H groups in total. The zero-order valence-corrected chi connectivity index (χ0v) is 15.8. The van der Waals surface area contributed by atoms with Gasteiger partial charge in [-0.1, -0.05) is 91.0 Å². The lowest BCUT2D eigenvalue weighted by atomic mass is 10.1. The Morgan fingerprint density at radius 3 is 2.10 bits per heavy atom. The number of Topliss-reactive ketones (excluding diaryl/α,β-unsaturated/α-hetero) is 1. The number of ketones is 1. The van der Waals surface area contributed by atoms with E-state index in [-0.39, 0.29) is 17.9 Å². The minimum absolute atomic E-state index is 0.0499. The number of imidazole rings is 1. The van der Waals surface area contributed by atoms with Crippen molar-refractivity contribution in [1.29, 1.82) is 5.41 Å². The van der Waals surface area contributed by atoms with E-state index in [2.05, 4.69) is 5.10 Å². The Labute approximate surface area is 168 Å². The Hall–Kier alpha value is -3.99. The van der Waals surface area contributed by atoms with Crippen molar-refractivity contribution >= 4 is 12.0 Å². The van der Waals surface area contributed by atoms with Gasteiger partial charge in [-0.25, -0.2) is 4.68 Å². The van der Waals surface area contributed by atoms with Crippen LogP contribution in [0, 0.1) is 5.41 Å². The molecule has 4 rings (SSSR count). The maximum absolute atomic E-state index is 12.8. The molecule has 0 saturated heterocycles. The molecule has 1 heterocycles. The monoisotopic (exact) mass is 380 g/mol. The van der Waals surface area contributed by atoms with E-state index in [1.807, 2.05) is 78.9 Å². The first-order valence-corrected chi connectivity index (χ1v) is 9.32. The lowest BCUT2D eigenvalue weighted by Crippen LogP contribution is -2.26. The molecule has 0 atom stereocenters. The van der Waals surface area contributed by atoms with Crippen LogP contribution in [0.4, 0.5) is 0 Å². The van der Waals surface area contributed by atoms with Crippen LogP contribution in [0.15, 0.2) is 102 Å². The number of hydrogen-bond donors (Lipinski definition) is 1. The fourth-order valence-electron chi connectivity index (χ4n) is 3.10. The number of rotatable bonds is 6. The molecular formula is C24H20N4O. The second kappa shape index (κ2) is 8.35. The molecule has 0 amide bonds. The molecule has 0 aliphatic rings. The van der Waals surface area contributed by atoms with Crippen molar-refractivity contribution in [3.8, 4) is 11.3 Å². The fraction of sp³-hybridized carbons (Fsp3) is 0.0417. The lowest BCUT2D eigenvalue weighted by Gasteiger charge is -2.07. The van der Waals surface area contributed by atoms with E-state index in [4.69, 9.17) is 5.41 Å². The second-order valence-electron chi connectivity index (χ2n) is 6.58. The van der Waals surface area contributed by atoms with Crippen LogP contribution in [0.3, 0.4) is 0 Å². The van der Waals surface area contributed by atoms with Gasteiger partial charge in [0.05, 0.1) is 24.7 Å². The summed E-state index contributed by atoms with van der Waals surface area (Å²) in [4.78, 5) is 12.8. The molecule has 3 aromatic carbocycles. The van der Waals surface area contributed by atoms with Gasteiger partial charge in [0.2, 0.25) is 5.62 Å². The summed E-state index contributed by atoms with van der Waals surface area (Å²) in [5, 5.41) is 13.0. The Kier molecular flexibility index (Phi) is 5.29. The van der Waals surface area contributed by atoms with Gasteiger partial charge in [0.1, 0.15) is 0 Å². The van der Waals surface area contributed by atoms with Crippen LogP contribution in [0.1, 0.15) is 15.9 Å². The third-order valence-corrected chi connectivity index (χ3v) is 4.61. The van der Waals surface area contributed by atoms with Gasteiger partial charge in [0.25, 0.3) is 0 Å². The molecule has 0 saturated carbocycles. The van der Waals surface area contributed by atoms with Gasteiger partial charge < -0.3 is 4.57 Å². The highest BCUT2D eigenvalue weighted by Crippen LogP contribution is 2.18. The van der Waals surface area contributed by atoms with E-state index < -0.39 is 0 Å². The van der Waals surface area contributed by atoms with Crippen molar-refractivity contribution < 1.29 is 4.79 Å². The topological polar surface area (TPSA) is 63.1 Å². The van der Waals surface area contributed by atoms with Crippen LogP contribution in [0.2, 0.25) is 0 Å². The number of aromatic nitrogens is 2. The van der Waals surface area contributed by atoms with Crippen LogP contribution < -0.4 is 5.62 Å². The highest BCUT2D eigenvalue weighted by molar-refractivity contribution is 5.96. The average molecular weight is 380 g/mol. The quantitative estimate of drug-likeness (QED) is 0.395. The predicted octanol–water partition coefficient (Wildman–Crippen LogP) is 4.20. The van der Waals surface area contributed by atoms with Crippen molar-refractivity contribution in [2.24, 2.45) is 5.10 Å². The number of hydrogen-bond acceptors (Lipinski definition) is 3. The van der Waals surface area contributed by atoms with Gasteiger partial charge in [0.15, 0.2) is 5.78 Å². The van der Waals surface area contributed by atoms with Crippen molar-refractivity contribution in [1.82, 2.24) is 9.24 Å². The van der Waals surface area contributed by atoms with E-state index in [0.717, 1.165) is 16.8 Å². The largest absolute Gasteiger partial charge is 0.301 e. The van der Waals surface area contributed by atoms with Gasteiger partial charge in [-0.3, -0.25) is 10.2 Å². The molecular weight excluding hydrogens is 360 g/mol. The summed E-state index contributed by atoms with van der Waals surface area (Å²) in [6.07, 6.45) is 3.49. The van der Waals surface area contributed by atoms with Crippen molar-refractivity contribution in [3.63, 3.8) is 0 Å². The molecule has 5 heteroatoms. The Morgan fingerprint density at radius 1 is 0.862 bits per heavy atom. The van der Waals surface area contributed by atoms with E-state index in [9.17, 15) is 4.79 Å². The van der Waals surface area contributed by atoms with E-state index >= 15 is 0 Å². The Morgan fingerprint density at radius 2 is 1.45 bits per heavy atom. The summed E-state index contributed by atoms with van der Waals surface area (Å²) < 4.78 is 3.18. The van der Waals surface area contributed by atoms with Crippen LogP contribution >= 0.6 is 0 Å². The molecule has 0 fully saturated rings. The first-order valence-electron chi connectivity index (χ1n) is 9.32. The molecule has 5 nitrogen and oxygen atoms in total. The first-order chi connectivity index (χ1) is 14.2. The van der Waals surface area contributed by atoms with Gasteiger partial charge in [0, 0.05) is 5.56 Å². The van der Waals surface area contributed by atoms with Gasteiger partial charge in [-0.2, -0.15) is 5.10 Å². The molecule has 142 valence electrons.